The van der Waals surface area contributed by atoms with Crippen LogP contribution in [0.25, 0.3) is 0 Å². The average molecular weight is 318 g/mol. The monoisotopic (exact) mass is 318 g/mol. The highest BCUT2D eigenvalue weighted by Crippen LogP contribution is 2.21. The number of hydrogen-bond acceptors (Lipinski definition) is 4. The Hall–Kier alpha value is -0.700. The molecule has 2 rings (SSSR count). The summed E-state index contributed by atoms with van der Waals surface area (Å²) in [7, 11) is -3.66. The van der Waals surface area contributed by atoms with E-state index in [4.69, 9.17) is 5.14 Å². The van der Waals surface area contributed by atoms with Gasteiger partial charge in [-0.25, -0.2) is 9.86 Å². The summed E-state index contributed by atoms with van der Waals surface area (Å²) in [4.78, 5) is 14.5. The summed E-state index contributed by atoms with van der Waals surface area (Å²) in [5, 5.41) is 8.27. The maximum atomic E-state index is 12.6. The van der Waals surface area contributed by atoms with E-state index in [1.807, 2.05) is 4.90 Å². The molecule has 0 aromatic rings. The predicted molar refractivity (Wildman–Crippen MR) is 80.6 cm³/mol. The van der Waals surface area contributed by atoms with Crippen LogP contribution in [0.1, 0.15) is 32.6 Å². The van der Waals surface area contributed by atoms with Crippen molar-refractivity contribution in [2.75, 3.05) is 26.2 Å². The molecule has 2 heterocycles. The quantitative estimate of drug-likeness (QED) is 0.644. The van der Waals surface area contributed by atoms with Gasteiger partial charge in [-0.1, -0.05) is 6.92 Å². The molecule has 0 aromatic carbocycles. The molecule has 0 saturated carbocycles. The first-order valence-electron chi connectivity index (χ1n) is 7.66. The number of likely N-dealkylation sites (tertiary alicyclic amines) is 1. The Bertz CT molecular complexity index is 468. The summed E-state index contributed by atoms with van der Waals surface area (Å²) >= 11 is 0. The van der Waals surface area contributed by atoms with Crippen molar-refractivity contribution in [2.45, 2.75) is 38.6 Å². The molecule has 0 aromatic heterocycles. The summed E-state index contributed by atoms with van der Waals surface area (Å²) in [5.74, 6) is 0.650. The normalized spacial score (nSPS) is 31.1. The second-order valence-electron chi connectivity index (χ2n) is 6.24. The third-order valence-electron chi connectivity index (χ3n) is 4.44. The Labute approximate surface area is 126 Å². The van der Waals surface area contributed by atoms with Crippen molar-refractivity contribution in [3.8, 4) is 0 Å². The molecule has 1 amide bonds. The number of nitrogens with one attached hydrogen (secondary N) is 2. The van der Waals surface area contributed by atoms with Crippen molar-refractivity contribution in [3.05, 3.63) is 0 Å². The average Bonchev–Trinajstić information content (AvgIpc) is 2.44. The second-order valence-corrected chi connectivity index (χ2v) is 7.62. The lowest BCUT2D eigenvalue weighted by Gasteiger charge is -2.38. The van der Waals surface area contributed by atoms with E-state index < -0.39 is 10.2 Å². The topological polar surface area (TPSA) is 105 Å². The molecule has 21 heavy (non-hydrogen) atoms. The van der Waals surface area contributed by atoms with Gasteiger partial charge >= 0.3 is 0 Å². The largest absolute Gasteiger partial charge is 0.341 e. The molecule has 3 unspecified atom stereocenters. The van der Waals surface area contributed by atoms with Crippen LogP contribution in [0, 0.1) is 11.8 Å². The number of carbonyl (C=O) groups is 1. The number of amides is 1. The van der Waals surface area contributed by atoms with E-state index in [0.29, 0.717) is 19.0 Å². The van der Waals surface area contributed by atoms with Gasteiger partial charge in [0, 0.05) is 19.6 Å². The van der Waals surface area contributed by atoms with E-state index in [1.54, 1.807) is 0 Å². The van der Waals surface area contributed by atoms with Gasteiger partial charge in [0.05, 0.1) is 6.04 Å². The highest BCUT2D eigenvalue weighted by molar-refractivity contribution is 7.87. The first-order chi connectivity index (χ1) is 9.87. The maximum absolute atomic E-state index is 12.6. The molecule has 2 fully saturated rings. The van der Waals surface area contributed by atoms with Gasteiger partial charge in [-0.15, -0.1) is 0 Å². The SMILES string of the molecule is CC1CCCNC1C(=O)N1CCCC(CNS(N)(=O)=O)C1. The van der Waals surface area contributed by atoms with Gasteiger partial charge in [-0.2, -0.15) is 8.42 Å². The number of rotatable bonds is 4. The predicted octanol–water partition coefficient (Wildman–Crippen LogP) is -0.594. The Kier molecular flexibility index (Phi) is 5.59. The van der Waals surface area contributed by atoms with Gasteiger partial charge < -0.3 is 10.2 Å². The van der Waals surface area contributed by atoms with Crippen LogP contribution in [0.4, 0.5) is 0 Å². The highest BCUT2D eigenvalue weighted by atomic mass is 32.2. The van der Waals surface area contributed by atoms with Crippen LogP contribution in [-0.4, -0.2) is 51.4 Å². The molecular formula is C13H26N4O3S. The van der Waals surface area contributed by atoms with Crippen LogP contribution in [0.5, 0.6) is 0 Å². The fourth-order valence-electron chi connectivity index (χ4n) is 3.24. The molecule has 2 aliphatic heterocycles. The van der Waals surface area contributed by atoms with Crippen molar-refractivity contribution < 1.29 is 13.2 Å². The zero-order valence-electron chi connectivity index (χ0n) is 12.5. The number of nitrogens with two attached hydrogens (primary N) is 1. The van der Waals surface area contributed by atoms with Crippen molar-refractivity contribution >= 4 is 16.1 Å². The van der Waals surface area contributed by atoms with Gasteiger partial charge in [-0.3, -0.25) is 4.79 Å². The molecule has 0 aliphatic carbocycles. The van der Waals surface area contributed by atoms with E-state index in [2.05, 4.69) is 17.0 Å². The van der Waals surface area contributed by atoms with E-state index >= 15 is 0 Å². The van der Waals surface area contributed by atoms with Gasteiger partial charge in [0.2, 0.25) is 5.91 Å². The van der Waals surface area contributed by atoms with Gasteiger partial charge in [0.15, 0.2) is 0 Å². The minimum absolute atomic E-state index is 0.0938. The molecule has 8 heteroatoms. The third-order valence-corrected chi connectivity index (χ3v) is 5.01. The van der Waals surface area contributed by atoms with E-state index in [9.17, 15) is 13.2 Å². The molecule has 2 aliphatic rings. The van der Waals surface area contributed by atoms with Crippen LogP contribution in [-0.2, 0) is 15.0 Å². The highest BCUT2D eigenvalue weighted by Gasteiger charge is 2.33. The molecule has 4 N–H and O–H groups in total. The van der Waals surface area contributed by atoms with Crippen molar-refractivity contribution in [3.63, 3.8) is 0 Å². The second kappa shape index (κ2) is 7.04. The fourth-order valence-corrected chi connectivity index (χ4v) is 3.71. The van der Waals surface area contributed by atoms with Crippen LogP contribution in [0.15, 0.2) is 0 Å². The zero-order valence-corrected chi connectivity index (χ0v) is 13.4. The summed E-state index contributed by atoms with van der Waals surface area (Å²) in [6, 6.07) is -0.0938. The number of hydrogen-bond donors (Lipinski definition) is 3. The molecule has 3 atom stereocenters. The number of nitrogens with zero attached hydrogens (tertiary/aromatic N) is 1. The number of piperidine rings is 2. The van der Waals surface area contributed by atoms with E-state index in [0.717, 1.165) is 38.8 Å². The minimum Gasteiger partial charge on any atom is -0.341 e. The van der Waals surface area contributed by atoms with Crippen LogP contribution < -0.4 is 15.2 Å². The first kappa shape index (κ1) is 16.7. The minimum atomic E-state index is -3.66. The van der Waals surface area contributed by atoms with Crippen LogP contribution in [0.3, 0.4) is 0 Å². The lowest BCUT2D eigenvalue weighted by Crippen LogP contribution is -2.55. The lowest BCUT2D eigenvalue weighted by atomic mass is 9.90. The summed E-state index contributed by atoms with van der Waals surface area (Å²) in [6.45, 7) is 4.67. The Morgan fingerprint density at radius 1 is 1.38 bits per heavy atom. The molecular weight excluding hydrogens is 292 g/mol. The third kappa shape index (κ3) is 4.91. The molecule has 0 radical (unpaired) electrons. The Morgan fingerprint density at radius 3 is 2.81 bits per heavy atom. The van der Waals surface area contributed by atoms with Crippen molar-refractivity contribution in [1.29, 1.82) is 0 Å². The van der Waals surface area contributed by atoms with Gasteiger partial charge in [0.1, 0.15) is 0 Å². The van der Waals surface area contributed by atoms with Gasteiger partial charge in [0.25, 0.3) is 10.2 Å². The van der Waals surface area contributed by atoms with Crippen LogP contribution >= 0.6 is 0 Å². The fraction of sp³-hybridized carbons (Fsp3) is 0.923. The summed E-state index contributed by atoms with van der Waals surface area (Å²) in [5.41, 5.74) is 0. The summed E-state index contributed by atoms with van der Waals surface area (Å²) < 4.78 is 24.2. The molecule has 2 saturated heterocycles. The Balaban J connectivity index is 1.89. The molecule has 122 valence electrons. The van der Waals surface area contributed by atoms with Crippen molar-refractivity contribution in [2.24, 2.45) is 17.0 Å². The molecule has 0 bridgehead atoms. The summed E-state index contributed by atoms with van der Waals surface area (Å²) in [6.07, 6.45) is 4.02. The standard InChI is InChI=1S/C13H26N4O3S/c1-10-4-2-6-15-12(10)13(18)17-7-3-5-11(9-17)8-16-21(14,19)20/h10-12,15-16H,2-9H2,1H3,(H2,14,19,20). The zero-order chi connectivity index (χ0) is 15.5. The van der Waals surface area contributed by atoms with E-state index in [-0.39, 0.29) is 17.9 Å². The van der Waals surface area contributed by atoms with E-state index in [1.165, 1.54) is 0 Å². The smallest absolute Gasteiger partial charge is 0.274 e. The van der Waals surface area contributed by atoms with Gasteiger partial charge in [-0.05, 0) is 44.1 Å². The number of carbonyl (C=O) groups excluding carboxylic acids is 1. The lowest BCUT2D eigenvalue weighted by molar-refractivity contribution is -0.137. The van der Waals surface area contributed by atoms with Crippen molar-refractivity contribution in [1.82, 2.24) is 14.9 Å². The maximum Gasteiger partial charge on any atom is 0.274 e. The Morgan fingerprint density at radius 2 is 2.14 bits per heavy atom. The van der Waals surface area contributed by atoms with Crippen LogP contribution in [0.2, 0.25) is 0 Å². The molecule has 0 spiro atoms. The first-order valence-corrected chi connectivity index (χ1v) is 9.21. The molecule has 7 nitrogen and oxygen atoms in total.